The van der Waals surface area contributed by atoms with E-state index in [0.29, 0.717) is 18.2 Å². The molecule has 1 N–H and O–H groups in total. The Labute approximate surface area is 130 Å². The van der Waals surface area contributed by atoms with Crippen LogP contribution in [0.25, 0.3) is 0 Å². The molecule has 0 aliphatic heterocycles. The van der Waals surface area contributed by atoms with Gasteiger partial charge in [0.1, 0.15) is 5.75 Å². The van der Waals surface area contributed by atoms with Crippen LogP contribution in [0, 0.1) is 5.92 Å². The predicted octanol–water partition coefficient (Wildman–Crippen LogP) is 2.47. The number of ether oxygens (including phenoxy) is 1. The van der Waals surface area contributed by atoms with Gasteiger partial charge in [-0.1, -0.05) is 19.1 Å². The summed E-state index contributed by atoms with van der Waals surface area (Å²) in [5.41, 5.74) is 1.73. The number of amides is 1. The maximum Gasteiger partial charge on any atom is 0.254 e. The summed E-state index contributed by atoms with van der Waals surface area (Å²) >= 11 is 0. The molecule has 5 heteroatoms. The summed E-state index contributed by atoms with van der Waals surface area (Å²) in [6.07, 6.45) is 5.57. The molecule has 1 heterocycles. The average Bonchev–Trinajstić information content (AvgIpc) is 2.95. The van der Waals surface area contributed by atoms with Gasteiger partial charge in [-0.15, -0.1) is 0 Å². The quantitative estimate of drug-likeness (QED) is 0.922. The van der Waals surface area contributed by atoms with E-state index < -0.39 is 0 Å². The number of nitrogens with zero attached hydrogens (tertiary/aromatic N) is 2. The van der Waals surface area contributed by atoms with Crippen LogP contribution in [0.15, 0.2) is 36.7 Å². The summed E-state index contributed by atoms with van der Waals surface area (Å²) in [4.78, 5) is 12.1. The van der Waals surface area contributed by atoms with Gasteiger partial charge in [0.15, 0.2) is 0 Å². The number of hydrogen-bond acceptors (Lipinski definition) is 3. The van der Waals surface area contributed by atoms with E-state index in [2.05, 4.69) is 17.3 Å². The summed E-state index contributed by atoms with van der Waals surface area (Å²) in [6, 6.07) is 8.16. The van der Waals surface area contributed by atoms with Gasteiger partial charge in [-0.3, -0.25) is 9.48 Å². The molecule has 0 saturated heterocycles. The van der Waals surface area contributed by atoms with Crippen LogP contribution in [0.2, 0.25) is 0 Å². The minimum absolute atomic E-state index is 0.0297. The van der Waals surface area contributed by atoms with Crippen molar-refractivity contribution in [3.63, 3.8) is 0 Å². The van der Waals surface area contributed by atoms with Crippen LogP contribution >= 0.6 is 0 Å². The average molecular weight is 299 g/mol. The fraction of sp³-hybridized carbons (Fsp3) is 0.412. The number of benzene rings is 1. The third-order valence-corrected chi connectivity index (χ3v) is 4.11. The SMILES string of the molecule is COc1ccc(Cn2cc(C(=O)NC3CC(C)C3)cn2)cc1. The van der Waals surface area contributed by atoms with Gasteiger partial charge in [-0.05, 0) is 36.5 Å². The van der Waals surface area contributed by atoms with E-state index in [4.69, 9.17) is 4.74 Å². The Morgan fingerprint density at radius 1 is 1.36 bits per heavy atom. The van der Waals surface area contributed by atoms with E-state index >= 15 is 0 Å². The van der Waals surface area contributed by atoms with Crippen LogP contribution in [0.1, 0.15) is 35.7 Å². The molecular formula is C17H21N3O2. The Balaban J connectivity index is 1.59. The molecule has 0 radical (unpaired) electrons. The fourth-order valence-corrected chi connectivity index (χ4v) is 2.77. The summed E-state index contributed by atoms with van der Waals surface area (Å²) in [5.74, 6) is 1.53. The number of aromatic nitrogens is 2. The predicted molar refractivity (Wildman–Crippen MR) is 84.0 cm³/mol. The number of methoxy groups -OCH3 is 1. The lowest BCUT2D eigenvalue weighted by Gasteiger charge is -2.33. The fourth-order valence-electron chi connectivity index (χ4n) is 2.77. The van der Waals surface area contributed by atoms with E-state index in [1.54, 1.807) is 24.2 Å². The standard InChI is InChI=1S/C17H21N3O2/c1-12-7-15(8-12)19-17(21)14-9-18-20(11-14)10-13-3-5-16(22-2)6-4-13/h3-6,9,11-12,15H,7-8,10H2,1-2H3,(H,19,21). The van der Waals surface area contributed by atoms with Gasteiger partial charge in [0.25, 0.3) is 5.91 Å². The molecule has 1 aliphatic rings. The van der Waals surface area contributed by atoms with Crippen LogP contribution in [0.5, 0.6) is 5.75 Å². The van der Waals surface area contributed by atoms with Gasteiger partial charge in [0, 0.05) is 12.2 Å². The van der Waals surface area contributed by atoms with Crippen LogP contribution in [0.4, 0.5) is 0 Å². The molecule has 3 rings (SSSR count). The molecular weight excluding hydrogens is 278 g/mol. The zero-order chi connectivity index (χ0) is 15.5. The minimum Gasteiger partial charge on any atom is -0.497 e. The van der Waals surface area contributed by atoms with Crippen molar-refractivity contribution in [2.45, 2.75) is 32.4 Å². The summed E-state index contributed by atoms with van der Waals surface area (Å²) in [7, 11) is 1.65. The summed E-state index contributed by atoms with van der Waals surface area (Å²) < 4.78 is 6.92. The van der Waals surface area contributed by atoms with Crippen molar-refractivity contribution in [1.29, 1.82) is 0 Å². The number of carbonyl (C=O) groups is 1. The van der Waals surface area contributed by atoms with E-state index in [1.165, 1.54) is 0 Å². The van der Waals surface area contributed by atoms with Crippen molar-refractivity contribution >= 4 is 5.91 Å². The molecule has 116 valence electrons. The highest BCUT2D eigenvalue weighted by Gasteiger charge is 2.27. The Hall–Kier alpha value is -2.30. The Bertz CT molecular complexity index is 642. The molecule has 0 spiro atoms. The molecule has 1 amide bonds. The van der Waals surface area contributed by atoms with Crippen molar-refractivity contribution in [2.24, 2.45) is 5.92 Å². The second kappa shape index (κ2) is 6.22. The van der Waals surface area contributed by atoms with Gasteiger partial charge < -0.3 is 10.1 Å². The molecule has 0 unspecified atom stereocenters. The van der Waals surface area contributed by atoms with Gasteiger partial charge in [0.2, 0.25) is 0 Å². The molecule has 1 aromatic heterocycles. The van der Waals surface area contributed by atoms with Crippen molar-refractivity contribution in [3.8, 4) is 5.75 Å². The highest BCUT2D eigenvalue weighted by molar-refractivity contribution is 5.93. The molecule has 0 bridgehead atoms. The lowest BCUT2D eigenvalue weighted by Crippen LogP contribution is -2.43. The molecule has 1 aromatic carbocycles. The van der Waals surface area contributed by atoms with Gasteiger partial charge in [-0.25, -0.2) is 0 Å². The van der Waals surface area contributed by atoms with Crippen LogP contribution in [-0.2, 0) is 6.54 Å². The Morgan fingerprint density at radius 2 is 2.09 bits per heavy atom. The third kappa shape index (κ3) is 3.30. The summed E-state index contributed by atoms with van der Waals surface area (Å²) in [5, 5.41) is 7.31. The molecule has 0 atom stereocenters. The number of nitrogens with one attached hydrogen (secondary N) is 1. The van der Waals surface area contributed by atoms with Gasteiger partial charge in [0.05, 0.1) is 25.4 Å². The second-order valence-electron chi connectivity index (χ2n) is 6.02. The van der Waals surface area contributed by atoms with Crippen LogP contribution in [0.3, 0.4) is 0 Å². The molecule has 22 heavy (non-hydrogen) atoms. The second-order valence-corrected chi connectivity index (χ2v) is 6.02. The zero-order valence-corrected chi connectivity index (χ0v) is 13.0. The van der Waals surface area contributed by atoms with Crippen LogP contribution in [-0.4, -0.2) is 28.8 Å². The van der Waals surface area contributed by atoms with Crippen molar-refractivity contribution < 1.29 is 9.53 Å². The number of carbonyl (C=O) groups excluding carboxylic acids is 1. The third-order valence-electron chi connectivity index (χ3n) is 4.11. The van der Waals surface area contributed by atoms with Crippen molar-refractivity contribution in [1.82, 2.24) is 15.1 Å². The molecule has 2 aromatic rings. The van der Waals surface area contributed by atoms with E-state index in [-0.39, 0.29) is 5.91 Å². The number of hydrogen-bond donors (Lipinski definition) is 1. The molecule has 1 aliphatic carbocycles. The maximum atomic E-state index is 12.1. The lowest BCUT2D eigenvalue weighted by molar-refractivity contribution is 0.0896. The highest BCUT2D eigenvalue weighted by Crippen LogP contribution is 2.26. The minimum atomic E-state index is -0.0297. The smallest absolute Gasteiger partial charge is 0.254 e. The molecule has 1 saturated carbocycles. The Kier molecular flexibility index (Phi) is 4.13. The molecule has 5 nitrogen and oxygen atoms in total. The van der Waals surface area contributed by atoms with Crippen molar-refractivity contribution in [3.05, 3.63) is 47.8 Å². The first-order valence-electron chi connectivity index (χ1n) is 7.60. The first-order valence-corrected chi connectivity index (χ1v) is 7.60. The first-order chi connectivity index (χ1) is 10.6. The van der Waals surface area contributed by atoms with Gasteiger partial charge in [-0.2, -0.15) is 5.10 Å². The topological polar surface area (TPSA) is 56.1 Å². The van der Waals surface area contributed by atoms with Crippen LogP contribution < -0.4 is 10.1 Å². The number of rotatable bonds is 5. The van der Waals surface area contributed by atoms with E-state index in [1.807, 2.05) is 24.3 Å². The van der Waals surface area contributed by atoms with Gasteiger partial charge >= 0.3 is 0 Å². The van der Waals surface area contributed by atoms with Crippen molar-refractivity contribution in [2.75, 3.05) is 7.11 Å². The largest absolute Gasteiger partial charge is 0.497 e. The maximum absolute atomic E-state index is 12.1. The first kappa shape index (κ1) is 14.6. The highest BCUT2D eigenvalue weighted by atomic mass is 16.5. The summed E-state index contributed by atoms with van der Waals surface area (Å²) in [6.45, 7) is 2.84. The Morgan fingerprint density at radius 3 is 2.73 bits per heavy atom. The normalized spacial score (nSPS) is 20.3. The monoisotopic (exact) mass is 299 g/mol. The van der Waals surface area contributed by atoms with E-state index in [0.717, 1.165) is 30.1 Å². The lowest BCUT2D eigenvalue weighted by atomic mass is 9.82. The zero-order valence-electron chi connectivity index (χ0n) is 13.0. The molecule has 1 fully saturated rings. The van der Waals surface area contributed by atoms with E-state index in [9.17, 15) is 4.79 Å².